The molecule has 3 fully saturated rings. The van der Waals surface area contributed by atoms with Crippen LogP contribution in [0.2, 0.25) is 0 Å². The zero-order valence-corrected chi connectivity index (χ0v) is 17.9. The number of aromatic nitrogens is 3. The molecule has 0 radical (unpaired) electrons. The van der Waals surface area contributed by atoms with Crippen LogP contribution >= 0.6 is 0 Å². The first-order valence-corrected chi connectivity index (χ1v) is 11.2. The highest BCUT2D eigenvalue weighted by atomic mass is 16.2. The number of amides is 5. The average molecular weight is 451 g/mol. The number of hydrogen-bond donors (Lipinski definition) is 3. The summed E-state index contributed by atoms with van der Waals surface area (Å²) in [7, 11) is 0. The van der Waals surface area contributed by atoms with Crippen LogP contribution in [0, 0.1) is 5.92 Å². The van der Waals surface area contributed by atoms with E-state index in [1.54, 1.807) is 41.5 Å². The highest BCUT2D eigenvalue weighted by Crippen LogP contribution is 2.36. The van der Waals surface area contributed by atoms with E-state index in [1.807, 2.05) is 4.90 Å². The number of likely N-dealkylation sites (tertiary alicyclic amines) is 1. The highest BCUT2D eigenvalue weighted by molar-refractivity contribution is 6.04. The van der Waals surface area contributed by atoms with Crippen molar-refractivity contribution in [3.63, 3.8) is 0 Å². The van der Waals surface area contributed by atoms with Crippen molar-refractivity contribution in [3.8, 4) is 5.82 Å². The summed E-state index contributed by atoms with van der Waals surface area (Å²) in [5.74, 6) is 0.206. The molecule has 2 saturated heterocycles. The van der Waals surface area contributed by atoms with Gasteiger partial charge in [-0.05, 0) is 49.8 Å². The lowest BCUT2D eigenvalue weighted by atomic mass is 9.85. The van der Waals surface area contributed by atoms with Gasteiger partial charge < -0.3 is 15.5 Å². The van der Waals surface area contributed by atoms with Crippen LogP contribution in [0.15, 0.2) is 36.8 Å². The maximum absolute atomic E-state index is 13.3. The second kappa shape index (κ2) is 8.64. The topological polar surface area (TPSA) is 138 Å². The number of rotatable bonds is 6. The van der Waals surface area contributed by atoms with Gasteiger partial charge in [-0.2, -0.15) is 5.10 Å². The van der Waals surface area contributed by atoms with Crippen LogP contribution in [0.3, 0.4) is 0 Å². The van der Waals surface area contributed by atoms with Crippen molar-refractivity contribution in [2.75, 3.05) is 6.54 Å². The predicted molar refractivity (Wildman–Crippen MR) is 115 cm³/mol. The zero-order valence-electron chi connectivity index (χ0n) is 17.9. The molecule has 4 unspecified atom stereocenters. The molecule has 4 atom stereocenters. The quantitative estimate of drug-likeness (QED) is 0.543. The maximum Gasteiger partial charge on any atom is 0.322 e. The van der Waals surface area contributed by atoms with E-state index in [0.717, 1.165) is 19.3 Å². The lowest BCUT2D eigenvalue weighted by Crippen LogP contribution is -2.43. The van der Waals surface area contributed by atoms with Gasteiger partial charge in [-0.25, -0.2) is 14.5 Å². The van der Waals surface area contributed by atoms with E-state index in [4.69, 9.17) is 0 Å². The Balaban J connectivity index is 1.18. The second-order valence-corrected chi connectivity index (χ2v) is 8.77. The lowest BCUT2D eigenvalue weighted by molar-refractivity contribution is -0.123. The minimum atomic E-state index is -0.662. The molecular formula is C22H25N7O4. The van der Waals surface area contributed by atoms with Crippen molar-refractivity contribution >= 4 is 23.8 Å². The number of carbonyl (C=O) groups is 4. The maximum atomic E-state index is 13.3. The fourth-order valence-corrected chi connectivity index (χ4v) is 5.03. The third-order valence-corrected chi connectivity index (χ3v) is 6.68. The molecule has 11 nitrogen and oxygen atoms in total. The number of nitrogens with one attached hydrogen (secondary N) is 3. The number of fused-ring (bicyclic) bond motifs is 2. The summed E-state index contributed by atoms with van der Waals surface area (Å²) < 4.78 is 1.62. The van der Waals surface area contributed by atoms with Gasteiger partial charge in [0.15, 0.2) is 5.82 Å². The van der Waals surface area contributed by atoms with Crippen LogP contribution in [0.5, 0.6) is 0 Å². The molecule has 3 aliphatic rings. The Kier molecular flexibility index (Phi) is 5.53. The smallest absolute Gasteiger partial charge is 0.322 e. The van der Waals surface area contributed by atoms with Gasteiger partial charge in [0.25, 0.3) is 11.8 Å². The Morgan fingerprint density at radius 2 is 2.09 bits per heavy atom. The Morgan fingerprint density at radius 1 is 1.21 bits per heavy atom. The van der Waals surface area contributed by atoms with E-state index in [1.165, 1.54) is 0 Å². The second-order valence-electron chi connectivity index (χ2n) is 8.77. The summed E-state index contributed by atoms with van der Waals surface area (Å²) >= 11 is 0. The number of nitrogens with zero attached hydrogens (tertiary/aromatic N) is 4. The molecule has 2 aromatic rings. The SMILES string of the molecule is O=C(CCC1NC(=O)NC1=O)NC1CCC2CC1CN2C(=O)c1ccnc(-n2cccn2)c1. The van der Waals surface area contributed by atoms with E-state index in [0.29, 0.717) is 17.9 Å². The molecule has 2 aliphatic heterocycles. The molecule has 33 heavy (non-hydrogen) atoms. The van der Waals surface area contributed by atoms with E-state index >= 15 is 0 Å². The summed E-state index contributed by atoms with van der Waals surface area (Å²) in [5.41, 5.74) is 0.570. The molecule has 2 aromatic heterocycles. The summed E-state index contributed by atoms with van der Waals surface area (Å²) in [6.45, 7) is 0.592. The van der Waals surface area contributed by atoms with Crippen molar-refractivity contribution in [1.29, 1.82) is 0 Å². The zero-order chi connectivity index (χ0) is 22.9. The Bertz CT molecular complexity index is 1090. The van der Waals surface area contributed by atoms with Gasteiger partial charge in [0.2, 0.25) is 5.91 Å². The molecule has 0 aromatic carbocycles. The molecule has 2 bridgehead atoms. The van der Waals surface area contributed by atoms with E-state index in [-0.39, 0.29) is 42.7 Å². The van der Waals surface area contributed by atoms with Crippen LogP contribution in [0.4, 0.5) is 4.79 Å². The van der Waals surface area contributed by atoms with Gasteiger partial charge in [0.1, 0.15) is 6.04 Å². The normalized spacial score (nSPS) is 26.1. The van der Waals surface area contributed by atoms with E-state index in [9.17, 15) is 19.2 Å². The first-order chi connectivity index (χ1) is 16.0. The van der Waals surface area contributed by atoms with Gasteiger partial charge in [-0.1, -0.05) is 0 Å². The van der Waals surface area contributed by atoms with E-state index in [2.05, 4.69) is 26.0 Å². The predicted octanol–water partition coefficient (Wildman–Crippen LogP) is 0.365. The number of urea groups is 1. The summed E-state index contributed by atoms with van der Waals surface area (Å²) in [4.78, 5) is 54.7. The van der Waals surface area contributed by atoms with Crippen molar-refractivity contribution in [2.45, 2.75) is 50.2 Å². The molecule has 5 rings (SSSR count). The summed E-state index contributed by atoms with van der Waals surface area (Å²) in [5, 5.41) is 11.9. The highest BCUT2D eigenvalue weighted by Gasteiger charge is 2.43. The largest absolute Gasteiger partial charge is 0.353 e. The van der Waals surface area contributed by atoms with Crippen LogP contribution < -0.4 is 16.0 Å². The van der Waals surface area contributed by atoms with Gasteiger partial charge in [-0.15, -0.1) is 0 Å². The molecule has 4 heterocycles. The molecule has 1 aliphatic carbocycles. The minimum Gasteiger partial charge on any atom is -0.353 e. The van der Waals surface area contributed by atoms with Crippen molar-refractivity contribution in [2.24, 2.45) is 5.92 Å². The molecule has 11 heteroatoms. The standard InChI is InChI=1S/C22H25N7O4/c30-19(5-4-17-20(31)27-22(33)26-17)25-16-3-2-15-10-14(16)12-28(15)21(32)13-6-8-23-18(11-13)29-9-1-7-24-29/h1,6-9,11,14-17H,2-5,10,12H2,(H,25,30)(H2,26,27,31,33). The number of carbonyl (C=O) groups excluding carboxylic acids is 4. The van der Waals surface area contributed by atoms with E-state index < -0.39 is 18.0 Å². The Labute approximate surface area is 189 Å². The molecule has 0 spiro atoms. The fourth-order valence-electron chi connectivity index (χ4n) is 5.03. The molecule has 172 valence electrons. The van der Waals surface area contributed by atoms with Crippen LogP contribution in [-0.2, 0) is 9.59 Å². The third-order valence-electron chi connectivity index (χ3n) is 6.68. The van der Waals surface area contributed by atoms with Crippen LogP contribution in [0.1, 0.15) is 42.5 Å². The van der Waals surface area contributed by atoms with Crippen molar-refractivity contribution < 1.29 is 19.2 Å². The fraction of sp³-hybridized carbons (Fsp3) is 0.455. The molecule has 1 saturated carbocycles. The summed E-state index contributed by atoms with van der Waals surface area (Å²) in [6.07, 6.45) is 7.95. The molecular weight excluding hydrogens is 426 g/mol. The third kappa shape index (κ3) is 4.30. The van der Waals surface area contributed by atoms with Gasteiger partial charge in [0.05, 0.1) is 0 Å². The van der Waals surface area contributed by atoms with Crippen molar-refractivity contribution in [1.82, 2.24) is 35.6 Å². The van der Waals surface area contributed by atoms with Crippen molar-refractivity contribution in [3.05, 3.63) is 42.4 Å². The number of imide groups is 1. The van der Waals surface area contributed by atoms with Crippen LogP contribution in [-0.4, -0.2) is 68.1 Å². The van der Waals surface area contributed by atoms with Gasteiger partial charge >= 0.3 is 6.03 Å². The lowest BCUT2D eigenvalue weighted by Gasteiger charge is -2.29. The monoisotopic (exact) mass is 451 g/mol. The number of hydrogen-bond acceptors (Lipinski definition) is 6. The molecule has 3 N–H and O–H groups in total. The number of pyridine rings is 1. The minimum absolute atomic E-state index is 0.00405. The van der Waals surface area contributed by atoms with Gasteiger partial charge in [0, 0.05) is 49.2 Å². The summed E-state index contributed by atoms with van der Waals surface area (Å²) in [6, 6.07) is 4.23. The van der Waals surface area contributed by atoms with Crippen LogP contribution in [0.25, 0.3) is 5.82 Å². The molecule has 5 amide bonds. The Hall–Kier alpha value is -3.76. The average Bonchev–Trinajstić information content (AvgIpc) is 3.53. The van der Waals surface area contributed by atoms with Gasteiger partial charge in [-0.3, -0.25) is 19.7 Å². The Morgan fingerprint density at radius 3 is 2.85 bits per heavy atom. The first-order valence-electron chi connectivity index (χ1n) is 11.2. The first kappa shape index (κ1) is 21.1.